The summed E-state index contributed by atoms with van der Waals surface area (Å²) in [5.74, 6) is 1.72. The number of hydrogen-bond acceptors (Lipinski definition) is 4. The lowest BCUT2D eigenvalue weighted by atomic mass is 10.2. The zero-order valence-corrected chi connectivity index (χ0v) is 8.30. The van der Waals surface area contributed by atoms with Gasteiger partial charge in [0.1, 0.15) is 12.4 Å². The number of fused-ring (bicyclic) bond motifs is 1. The van der Waals surface area contributed by atoms with Gasteiger partial charge in [-0.05, 0) is 11.6 Å². The minimum atomic E-state index is -0.873. The Hall–Kier alpha value is -1.23. The molecule has 0 aliphatic carbocycles. The summed E-state index contributed by atoms with van der Waals surface area (Å²) in [7, 11) is 0. The number of carboxylic acid groups (broad SMARTS) is 1. The molecule has 0 bridgehead atoms. The van der Waals surface area contributed by atoms with Crippen molar-refractivity contribution in [2.45, 2.75) is 11.5 Å². The molecule has 0 atom stereocenters. The van der Waals surface area contributed by atoms with Crippen LogP contribution in [0.1, 0.15) is 11.3 Å². The normalized spacial score (nSPS) is 13.7. The first-order valence-electron chi connectivity index (χ1n) is 4.28. The van der Waals surface area contributed by atoms with E-state index < -0.39 is 5.97 Å². The van der Waals surface area contributed by atoms with Gasteiger partial charge in [-0.2, -0.15) is 11.8 Å². The van der Waals surface area contributed by atoms with Crippen LogP contribution < -0.4 is 5.32 Å². The van der Waals surface area contributed by atoms with Crippen LogP contribution in [-0.4, -0.2) is 22.6 Å². The molecule has 0 fully saturated rings. The second kappa shape index (κ2) is 3.88. The van der Waals surface area contributed by atoms with Gasteiger partial charge in [0.15, 0.2) is 0 Å². The van der Waals surface area contributed by atoms with Gasteiger partial charge in [0.2, 0.25) is 0 Å². The van der Waals surface area contributed by atoms with Crippen LogP contribution in [0.4, 0.5) is 5.82 Å². The molecule has 74 valence electrons. The molecule has 0 unspecified atom stereocenters. The lowest BCUT2D eigenvalue weighted by molar-refractivity contribution is -0.134. The Labute approximate surface area is 85.7 Å². The van der Waals surface area contributed by atoms with Gasteiger partial charge in [-0.3, -0.25) is 4.79 Å². The van der Waals surface area contributed by atoms with Crippen molar-refractivity contribution in [2.75, 3.05) is 11.9 Å². The Kier molecular flexibility index (Phi) is 2.58. The predicted octanol–water partition coefficient (Wildman–Crippen LogP) is 1.32. The summed E-state index contributed by atoms with van der Waals surface area (Å²) in [6.07, 6.45) is 0. The van der Waals surface area contributed by atoms with Gasteiger partial charge in [0.05, 0.1) is 5.69 Å². The largest absolute Gasteiger partial charge is 0.480 e. The molecule has 1 aliphatic rings. The Morgan fingerprint density at radius 3 is 3.21 bits per heavy atom. The summed E-state index contributed by atoms with van der Waals surface area (Å²) >= 11 is 1.83. The zero-order chi connectivity index (χ0) is 9.97. The van der Waals surface area contributed by atoms with Crippen LogP contribution in [0, 0.1) is 0 Å². The van der Waals surface area contributed by atoms with E-state index in [4.69, 9.17) is 5.11 Å². The highest BCUT2D eigenvalue weighted by Gasteiger charge is 2.12. The van der Waals surface area contributed by atoms with Crippen molar-refractivity contribution in [3.8, 4) is 0 Å². The average Bonchev–Trinajstić information content (AvgIpc) is 2.61. The molecule has 1 aliphatic heterocycles. The minimum Gasteiger partial charge on any atom is -0.480 e. The Morgan fingerprint density at radius 1 is 1.57 bits per heavy atom. The predicted molar refractivity (Wildman–Crippen MR) is 55.4 cm³/mol. The molecule has 2 heterocycles. The molecular formula is C9H10N2O2S. The highest BCUT2D eigenvalue weighted by Crippen LogP contribution is 2.28. The highest BCUT2D eigenvalue weighted by molar-refractivity contribution is 7.98. The van der Waals surface area contributed by atoms with E-state index in [9.17, 15) is 4.79 Å². The molecule has 1 aromatic heterocycles. The third-order valence-corrected chi connectivity index (χ3v) is 2.98. The van der Waals surface area contributed by atoms with Crippen LogP contribution >= 0.6 is 11.8 Å². The van der Waals surface area contributed by atoms with E-state index in [1.54, 1.807) is 0 Å². The average molecular weight is 210 g/mol. The van der Waals surface area contributed by atoms with Crippen molar-refractivity contribution in [1.29, 1.82) is 0 Å². The van der Waals surface area contributed by atoms with E-state index in [-0.39, 0.29) is 6.54 Å². The van der Waals surface area contributed by atoms with Gasteiger partial charge < -0.3 is 10.4 Å². The number of anilines is 1. The van der Waals surface area contributed by atoms with E-state index in [1.165, 1.54) is 5.56 Å². The number of hydrogen-bond donors (Lipinski definition) is 2. The number of aliphatic carboxylic acids is 1. The monoisotopic (exact) mass is 210 g/mol. The number of thioether (sulfide) groups is 1. The van der Waals surface area contributed by atoms with Gasteiger partial charge in [-0.25, -0.2) is 4.98 Å². The van der Waals surface area contributed by atoms with Gasteiger partial charge in [0.25, 0.3) is 0 Å². The van der Waals surface area contributed by atoms with Crippen LogP contribution in [0.5, 0.6) is 0 Å². The lowest BCUT2D eigenvalue weighted by Gasteiger charge is -2.04. The summed E-state index contributed by atoms with van der Waals surface area (Å²) < 4.78 is 0. The summed E-state index contributed by atoms with van der Waals surface area (Å²) in [5.41, 5.74) is 2.33. The van der Waals surface area contributed by atoms with E-state index in [0.29, 0.717) is 5.82 Å². The first-order chi connectivity index (χ1) is 6.75. The van der Waals surface area contributed by atoms with Crippen LogP contribution in [0.25, 0.3) is 0 Å². The number of rotatable bonds is 3. The van der Waals surface area contributed by atoms with E-state index in [1.807, 2.05) is 23.9 Å². The molecule has 0 aromatic carbocycles. The zero-order valence-electron chi connectivity index (χ0n) is 7.49. The fraction of sp³-hybridized carbons (Fsp3) is 0.333. The van der Waals surface area contributed by atoms with Crippen molar-refractivity contribution in [1.82, 2.24) is 4.98 Å². The van der Waals surface area contributed by atoms with Crippen LogP contribution in [-0.2, 0) is 16.3 Å². The maximum Gasteiger partial charge on any atom is 0.322 e. The molecule has 0 saturated heterocycles. The van der Waals surface area contributed by atoms with Crippen molar-refractivity contribution >= 4 is 23.5 Å². The lowest BCUT2D eigenvalue weighted by Crippen LogP contribution is -2.13. The smallest absolute Gasteiger partial charge is 0.322 e. The fourth-order valence-corrected chi connectivity index (χ4v) is 2.34. The Bertz CT molecular complexity index is 368. The van der Waals surface area contributed by atoms with Gasteiger partial charge in [-0.15, -0.1) is 0 Å². The van der Waals surface area contributed by atoms with Crippen molar-refractivity contribution in [2.24, 2.45) is 0 Å². The van der Waals surface area contributed by atoms with E-state index in [2.05, 4.69) is 10.3 Å². The number of carboxylic acids is 1. The van der Waals surface area contributed by atoms with E-state index in [0.717, 1.165) is 17.2 Å². The molecule has 2 rings (SSSR count). The van der Waals surface area contributed by atoms with Crippen molar-refractivity contribution in [3.05, 3.63) is 23.4 Å². The summed E-state index contributed by atoms with van der Waals surface area (Å²) in [5, 5.41) is 11.2. The number of carbonyl (C=O) groups is 1. The van der Waals surface area contributed by atoms with Crippen molar-refractivity contribution in [3.63, 3.8) is 0 Å². The maximum atomic E-state index is 10.3. The van der Waals surface area contributed by atoms with Crippen LogP contribution in [0.2, 0.25) is 0 Å². The second-order valence-electron chi connectivity index (χ2n) is 3.04. The molecular weight excluding hydrogens is 200 g/mol. The summed E-state index contributed by atoms with van der Waals surface area (Å²) in [6, 6.07) is 3.83. The summed E-state index contributed by atoms with van der Waals surface area (Å²) in [4.78, 5) is 14.6. The van der Waals surface area contributed by atoms with Crippen LogP contribution in [0.3, 0.4) is 0 Å². The number of nitrogens with zero attached hydrogens (tertiary/aromatic N) is 1. The first kappa shape index (κ1) is 9.33. The van der Waals surface area contributed by atoms with Gasteiger partial charge in [0, 0.05) is 11.5 Å². The third kappa shape index (κ3) is 1.98. The number of nitrogens with one attached hydrogen (secondary N) is 1. The molecule has 0 saturated carbocycles. The quantitative estimate of drug-likeness (QED) is 0.788. The third-order valence-electron chi connectivity index (χ3n) is 1.99. The van der Waals surface area contributed by atoms with Crippen LogP contribution in [0.15, 0.2) is 12.1 Å². The molecule has 4 nitrogen and oxygen atoms in total. The molecule has 0 spiro atoms. The number of aromatic nitrogens is 1. The molecule has 0 amide bonds. The standard InChI is InChI=1S/C9H10N2O2S/c12-9(13)3-10-8-2-1-6-4-14-5-7(6)11-8/h1-2H,3-5H2,(H,10,11)(H,12,13). The molecule has 5 heteroatoms. The minimum absolute atomic E-state index is 0.0844. The Morgan fingerprint density at radius 2 is 2.43 bits per heavy atom. The van der Waals surface area contributed by atoms with Gasteiger partial charge >= 0.3 is 5.97 Å². The highest BCUT2D eigenvalue weighted by atomic mass is 32.2. The first-order valence-corrected chi connectivity index (χ1v) is 5.43. The SMILES string of the molecule is O=C(O)CNc1ccc2c(n1)CSC2. The molecule has 14 heavy (non-hydrogen) atoms. The van der Waals surface area contributed by atoms with Crippen molar-refractivity contribution < 1.29 is 9.90 Å². The van der Waals surface area contributed by atoms with E-state index >= 15 is 0 Å². The summed E-state index contributed by atoms with van der Waals surface area (Å²) in [6.45, 7) is -0.0844. The van der Waals surface area contributed by atoms with Gasteiger partial charge in [-0.1, -0.05) is 6.07 Å². The second-order valence-corrected chi connectivity index (χ2v) is 4.03. The number of pyridine rings is 1. The topological polar surface area (TPSA) is 62.2 Å². The maximum absolute atomic E-state index is 10.3. The fourth-order valence-electron chi connectivity index (χ4n) is 1.31. The Balaban J connectivity index is 2.09. The molecule has 1 aromatic rings. The molecule has 2 N–H and O–H groups in total. The molecule has 0 radical (unpaired) electrons.